The molecule has 2 N–H and O–H groups in total. The number of hydrogen-bond donors (Lipinski definition) is 2. The molecule has 0 amide bonds. The predicted octanol–water partition coefficient (Wildman–Crippen LogP) is 1.80. The van der Waals surface area contributed by atoms with Crippen LogP contribution < -0.4 is 5.32 Å². The Kier molecular flexibility index (Phi) is 5.73. The minimum Gasteiger partial charge on any atom is -0.389 e. The molecule has 0 radical (unpaired) electrons. The van der Waals surface area contributed by atoms with Crippen LogP contribution in [0.4, 0.5) is 0 Å². The molecule has 1 fully saturated rings. The van der Waals surface area contributed by atoms with Crippen molar-refractivity contribution in [3.05, 3.63) is 0 Å². The van der Waals surface area contributed by atoms with Crippen molar-refractivity contribution in [2.24, 2.45) is 11.8 Å². The zero-order valence-electron chi connectivity index (χ0n) is 11.0. The largest absolute Gasteiger partial charge is 0.389 e. The van der Waals surface area contributed by atoms with E-state index >= 15 is 0 Å². The highest BCUT2D eigenvalue weighted by atomic mass is 16.5. The van der Waals surface area contributed by atoms with Crippen molar-refractivity contribution in [3.63, 3.8) is 0 Å². The Balaban J connectivity index is 2.09. The van der Waals surface area contributed by atoms with E-state index in [1.807, 2.05) is 6.92 Å². The summed E-state index contributed by atoms with van der Waals surface area (Å²) >= 11 is 0. The Hall–Kier alpha value is -0.120. The van der Waals surface area contributed by atoms with Crippen LogP contribution >= 0.6 is 0 Å². The van der Waals surface area contributed by atoms with E-state index in [1.165, 1.54) is 0 Å². The van der Waals surface area contributed by atoms with Crippen LogP contribution in [0, 0.1) is 11.8 Å². The summed E-state index contributed by atoms with van der Waals surface area (Å²) in [6.07, 6.45) is 3.11. The summed E-state index contributed by atoms with van der Waals surface area (Å²) in [4.78, 5) is 0. The first kappa shape index (κ1) is 13.9. The number of hydrogen-bond acceptors (Lipinski definition) is 3. The minimum absolute atomic E-state index is 0.566. The van der Waals surface area contributed by atoms with Gasteiger partial charge in [-0.15, -0.1) is 0 Å². The first-order valence-corrected chi connectivity index (χ1v) is 6.50. The van der Waals surface area contributed by atoms with Crippen molar-refractivity contribution in [2.45, 2.75) is 45.6 Å². The molecule has 2 unspecified atom stereocenters. The van der Waals surface area contributed by atoms with Gasteiger partial charge in [0.2, 0.25) is 0 Å². The average molecular weight is 229 g/mol. The second kappa shape index (κ2) is 6.58. The van der Waals surface area contributed by atoms with Crippen LogP contribution in [-0.4, -0.2) is 37.0 Å². The van der Waals surface area contributed by atoms with Gasteiger partial charge in [-0.25, -0.2) is 0 Å². The lowest BCUT2D eigenvalue weighted by Gasteiger charge is -2.25. The van der Waals surface area contributed by atoms with Gasteiger partial charge in [0.1, 0.15) is 0 Å². The number of nitrogens with one attached hydrogen (secondary N) is 1. The van der Waals surface area contributed by atoms with Gasteiger partial charge in [-0.1, -0.05) is 13.8 Å². The quantitative estimate of drug-likeness (QED) is 0.699. The maximum atomic E-state index is 10.1. The molecule has 0 spiro atoms. The van der Waals surface area contributed by atoms with E-state index in [-0.39, 0.29) is 0 Å². The maximum absolute atomic E-state index is 10.1. The fraction of sp³-hybridized carbons (Fsp3) is 1.00. The Bertz CT molecular complexity index is 186. The molecule has 0 aromatic heterocycles. The van der Waals surface area contributed by atoms with Crippen LogP contribution in [0.2, 0.25) is 0 Å². The Morgan fingerprint density at radius 2 is 2.25 bits per heavy atom. The lowest BCUT2D eigenvalue weighted by atomic mass is 9.95. The standard InChI is InChI=1S/C13H27NO2/c1-11(2)4-6-13(3,15)10-14-8-12-5-7-16-9-12/h11-12,14-15H,4-10H2,1-3H3. The highest BCUT2D eigenvalue weighted by Gasteiger charge is 2.21. The van der Waals surface area contributed by atoms with Gasteiger partial charge < -0.3 is 15.2 Å². The van der Waals surface area contributed by atoms with Crippen LogP contribution in [-0.2, 0) is 4.74 Å². The van der Waals surface area contributed by atoms with Gasteiger partial charge in [0, 0.05) is 19.7 Å². The molecule has 2 atom stereocenters. The van der Waals surface area contributed by atoms with E-state index in [9.17, 15) is 5.11 Å². The smallest absolute Gasteiger partial charge is 0.0743 e. The average Bonchev–Trinajstić information content (AvgIpc) is 2.68. The molecule has 3 nitrogen and oxygen atoms in total. The molecule has 1 aliphatic rings. The molecule has 1 saturated heterocycles. The lowest BCUT2D eigenvalue weighted by Crippen LogP contribution is -2.40. The molecule has 96 valence electrons. The van der Waals surface area contributed by atoms with Crippen LogP contribution in [0.3, 0.4) is 0 Å². The second-order valence-electron chi connectivity index (χ2n) is 5.79. The summed E-state index contributed by atoms with van der Waals surface area (Å²) in [5, 5.41) is 13.5. The molecular weight excluding hydrogens is 202 g/mol. The zero-order chi connectivity index (χ0) is 12.0. The molecule has 16 heavy (non-hydrogen) atoms. The molecule has 3 heteroatoms. The topological polar surface area (TPSA) is 41.5 Å². The molecule has 0 aromatic carbocycles. The molecular formula is C13H27NO2. The Morgan fingerprint density at radius 1 is 1.50 bits per heavy atom. The van der Waals surface area contributed by atoms with Crippen LogP contribution in [0.15, 0.2) is 0 Å². The summed E-state index contributed by atoms with van der Waals surface area (Å²) in [6, 6.07) is 0. The number of aliphatic hydroxyl groups is 1. The number of rotatable bonds is 7. The van der Waals surface area contributed by atoms with Crippen molar-refractivity contribution in [1.82, 2.24) is 5.32 Å². The fourth-order valence-electron chi connectivity index (χ4n) is 1.98. The first-order valence-electron chi connectivity index (χ1n) is 6.50. The van der Waals surface area contributed by atoms with Crippen molar-refractivity contribution in [2.75, 3.05) is 26.3 Å². The minimum atomic E-state index is -0.566. The van der Waals surface area contributed by atoms with Gasteiger partial charge in [0.15, 0.2) is 0 Å². The van der Waals surface area contributed by atoms with Gasteiger partial charge in [0.25, 0.3) is 0 Å². The molecule has 1 rings (SSSR count). The van der Waals surface area contributed by atoms with E-state index < -0.39 is 5.60 Å². The van der Waals surface area contributed by atoms with E-state index in [0.717, 1.165) is 39.0 Å². The third-order valence-electron chi connectivity index (χ3n) is 3.22. The molecule has 0 saturated carbocycles. The van der Waals surface area contributed by atoms with Crippen molar-refractivity contribution in [1.29, 1.82) is 0 Å². The molecule has 1 aliphatic heterocycles. The number of ether oxygens (including phenoxy) is 1. The normalized spacial score (nSPS) is 24.9. The Morgan fingerprint density at radius 3 is 2.81 bits per heavy atom. The van der Waals surface area contributed by atoms with Gasteiger partial charge in [-0.2, -0.15) is 0 Å². The zero-order valence-corrected chi connectivity index (χ0v) is 11.0. The van der Waals surface area contributed by atoms with Crippen molar-refractivity contribution < 1.29 is 9.84 Å². The summed E-state index contributed by atoms with van der Waals surface area (Å²) in [7, 11) is 0. The van der Waals surface area contributed by atoms with Crippen molar-refractivity contribution in [3.8, 4) is 0 Å². The summed E-state index contributed by atoms with van der Waals surface area (Å²) in [5.41, 5.74) is -0.566. The Labute approximate surface area is 99.6 Å². The molecule has 0 bridgehead atoms. The van der Waals surface area contributed by atoms with Crippen molar-refractivity contribution >= 4 is 0 Å². The monoisotopic (exact) mass is 229 g/mol. The SMILES string of the molecule is CC(C)CCC(C)(O)CNCC1CCOC1. The first-order chi connectivity index (χ1) is 7.49. The van der Waals surface area contributed by atoms with Gasteiger partial charge >= 0.3 is 0 Å². The summed E-state index contributed by atoms with van der Waals surface area (Å²) in [6.45, 7) is 9.75. The van der Waals surface area contributed by atoms with E-state index in [0.29, 0.717) is 18.4 Å². The van der Waals surface area contributed by atoms with E-state index in [2.05, 4.69) is 19.2 Å². The summed E-state index contributed by atoms with van der Waals surface area (Å²) in [5.74, 6) is 1.30. The fourth-order valence-corrected chi connectivity index (χ4v) is 1.98. The molecule has 1 heterocycles. The molecule has 0 aliphatic carbocycles. The third kappa shape index (κ3) is 5.83. The molecule has 0 aromatic rings. The highest BCUT2D eigenvalue weighted by Crippen LogP contribution is 2.16. The van der Waals surface area contributed by atoms with E-state index in [4.69, 9.17) is 4.74 Å². The lowest BCUT2D eigenvalue weighted by molar-refractivity contribution is 0.0443. The maximum Gasteiger partial charge on any atom is 0.0743 e. The van der Waals surface area contributed by atoms with Gasteiger partial charge in [-0.05, 0) is 38.0 Å². The summed E-state index contributed by atoms with van der Waals surface area (Å²) < 4.78 is 5.32. The predicted molar refractivity (Wildman–Crippen MR) is 66.5 cm³/mol. The highest BCUT2D eigenvalue weighted by molar-refractivity contribution is 4.77. The van der Waals surface area contributed by atoms with Gasteiger partial charge in [0.05, 0.1) is 12.2 Å². The van der Waals surface area contributed by atoms with Gasteiger partial charge in [-0.3, -0.25) is 0 Å². The van der Waals surface area contributed by atoms with Crippen LogP contribution in [0.5, 0.6) is 0 Å². The third-order valence-corrected chi connectivity index (χ3v) is 3.22. The van der Waals surface area contributed by atoms with Crippen LogP contribution in [0.1, 0.15) is 40.0 Å². The van der Waals surface area contributed by atoms with Crippen LogP contribution in [0.25, 0.3) is 0 Å². The van der Waals surface area contributed by atoms with E-state index in [1.54, 1.807) is 0 Å². The second-order valence-corrected chi connectivity index (χ2v) is 5.79.